The lowest BCUT2D eigenvalue weighted by molar-refractivity contribution is -0.137. The maximum atomic E-state index is 12.5. The lowest BCUT2D eigenvalue weighted by atomic mass is 10.1. The van der Waals surface area contributed by atoms with Gasteiger partial charge in [0.15, 0.2) is 5.82 Å². The van der Waals surface area contributed by atoms with Gasteiger partial charge in [0, 0.05) is 12.1 Å². The van der Waals surface area contributed by atoms with Crippen LogP contribution in [0.15, 0.2) is 24.3 Å². The second-order valence-corrected chi connectivity index (χ2v) is 4.84. The van der Waals surface area contributed by atoms with Crippen LogP contribution in [0, 0.1) is 0 Å². The third-order valence-electron chi connectivity index (χ3n) is 3.39. The molecule has 0 amide bonds. The molecule has 1 aliphatic rings. The second kappa shape index (κ2) is 4.59. The summed E-state index contributed by atoms with van der Waals surface area (Å²) in [6, 6.07) is 4.69. The molecule has 1 aliphatic heterocycles. The van der Waals surface area contributed by atoms with Crippen molar-refractivity contribution in [2.24, 2.45) is 5.73 Å². The first-order chi connectivity index (χ1) is 9.45. The summed E-state index contributed by atoms with van der Waals surface area (Å²) in [7, 11) is 0. The number of nitrogens with two attached hydrogens (primary N) is 1. The fraction of sp³-hybridized carbons (Fsp3) is 0.385. The van der Waals surface area contributed by atoms with Crippen LogP contribution in [0.1, 0.15) is 30.3 Å². The summed E-state index contributed by atoms with van der Waals surface area (Å²) in [5, 5.41) is 4.31. The lowest BCUT2D eigenvalue weighted by Gasteiger charge is -2.17. The zero-order valence-corrected chi connectivity index (χ0v) is 10.6. The van der Waals surface area contributed by atoms with Crippen LogP contribution < -0.4 is 5.73 Å². The van der Waals surface area contributed by atoms with Crippen LogP contribution in [0.3, 0.4) is 0 Å². The number of nitrogens with zero attached hydrogens (tertiary/aromatic N) is 3. The molecule has 0 aliphatic carbocycles. The van der Waals surface area contributed by atoms with Gasteiger partial charge in [0.25, 0.3) is 0 Å². The van der Waals surface area contributed by atoms with Gasteiger partial charge in [-0.3, -0.25) is 0 Å². The number of fused-ring (bicyclic) bond motifs is 1. The number of benzene rings is 1. The number of rotatable bonds is 1. The van der Waals surface area contributed by atoms with E-state index < -0.39 is 11.7 Å². The van der Waals surface area contributed by atoms with E-state index >= 15 is 0 Å². The minimum atomic E-state index is -4.33. The Bertz CT molecular complexity index is 616. The normalized spacial score (nSPS) is 18.9. The molecule has 1 unspecified atom stereocenters. The van der Waals surface area contributed by atoms with Crippen LogP contribution in [0.5, 0.6) is 0 Å². The SMILES string of the molecule is NC1CCCn2nc(-c3ccc(C(F)(F)F)cc3)nc21. The molecule has 0 fully saturated rings. The third kappa shape index (κ3) is 2.29. The maximum Gasteiger partial charge on any atom is 0.416 e. The molecule has 2 N–H and O–H groups in total. The van der Waals surface area contributed by atoms with Crippen LogP contribution >= 0.6 is 0 Å². The van der Waals surface area contributed by atoms with Gasteiger partial charge in [-0.15, -0.1) is 0 Å². The number of alkyl halides is 3. The van der Waals surface area contributed by atoms with Crippen LogP contribution in [0.2, 0.25) is 0 Å². The summed E-state index contributed by atoms with van der Waals surface area (Å²) >= 11 is 0. The summed E-state index contributed by atoms with van der Waals surface area (Å²) in [4.78, 5) is 4.34. The molecule has 1 atom stereocenters. The topological polar surface area (TPSA) is 56.7 Å². The van der Waals surface area contributed by atoms with Crippen LogP contribution in [0.25, 0.3) is 11.4 Å². The Morgan fingerprint density at radius 1 is 1.20 bits per heavy atom. The highest BCUT2D eigenvalue weighted by atomic mass is 19.4. The van der Waals surface area contributed by atoms with Gasteiger partial charge in [-0.25, -0.2) is 9.67 Å². The Morgan fingerprint density at radius 2 is 1.90 bits per heavy atom. The standard InChI is InChI=1S/C13H13F3N4/c14-13(15,16)9-5-3-8(4-6-9)11-18-12-10(17)2-1-7-20(12)19-11/h3-6,10H,1-2,7,17H2. The summed E-state index contributed by atoms with van der Waals surface area (Å²) in [5.41, 5.74) is 5.83. The van der Waals surface area contributed by atoms with Crippen molar-refractivity contribution in [2.45, 2.75) is 31.6 Å². The Balaban J connectivity index is 1.94. The van der Waals surface area contributed by atoms with E-state index in [1.807, 2.05) is 0 Å². The summed E-state index contributed by atoms with van der Waals surface area (Å²) in [5.74, 6) is 1.12. The highest BCUT2D eigenvalue weighted by molar-refractivity contribution is 5.55. The van der Waals surface area contributed by atoms with E-state index in [1.54, 1.807) is 4.68 Å². The van der Waals surface area contributed by atoms with Crippen molar-refractivity contribution in [1.82, 2.24) is 14.8 Å². The molecule has 0 saturated heterocycles. The van der Waals surface area contributed by atoms with Crippen molar-refractivity contribution in [3.63, 3.8) is 0 Å². The van der Waals surface area contributed by atoms with E-state index in [0.29, 0.717) is 17.2 Å². The smallest absolute Gasteiger partial charge is 0.321 e. The Kier molecular flexibility index (Phi) is 3.01. The molecule has 20 heavy (non-hydrogen) atoms. The van der Waals surface area contributed by atoms with Gasteiger partial charge in [0.1, 0.15) is 5.82 Å². The fourth-order valence-corrected chi connectivity index (χ4v) is 2.31. The average molecular weight is 282 g/mol. The maximum absolute atomic E-state index is 12.5. The van der Waals surface area contributed by atoms with E-state index in [4.69, 9.17) is 5.73 Å². The first-order valence-corrected chi connectivity index (χ1v) is 6.33. The molecule has 0 spiro atoms. The van der Waals surface area contributed by atoms with Gasteiger partial charge in [0.05, 0.1) is 11.6 Å². The predicted molar refractivity (Wildman–Crippen MR) is 66.6 cm³/mol. The van der Waals surface area contributed by atoms with E-state index in [-0.39, 0.29) is 6.04 Å². The van der Waals surface area contributed by atoms with Gasteiger partial charge in [-0.05, 0) is 25.0 Å². The molecule has 1 aromatic carbocycles. The van der Waals surface area contributed by atoms with E-state index in [1.165, 1.54) is 12.1 Å². The molecular formula is C13H13F3N4. The molecule has 0 radical (unpaired) electrons. The van der Waals surface area contributed by atoms with Crippen molar-refractivity contribution in [1.29, 1.82) is 0 Å². The monoisotopic (exact) mass is 282 g/mol. The van der Waals surface area contributed by atoms with Gasteiger partial charge in [-0.2, -0.15) is 18.3 Å². The highest BCUT2D eigenvalue weighted by Gasteiger charge is 2.30. The summed E-state index contributed by atoms with van der Waals surface area (Å²) in [6.07, 6.45) is -2.54. The predicted octanol–water partition coefficient (Wildman–Crippen LogP) is 2.76. The lowest BCUT2D eigenvalue weighted by Crippen LogP contribution is -2.22. The number of aryl methyl sites for hydroxylation is 1. The minimum Gasteiger partial charge on any atom is -0.321 e. The molecule has 106 valence electrons. The Hall–Kier alpha value is -1.89. The zero-order chi connectivity index (χ0) is 14.3. The van der Waals surface area contributed by atoms with E-state index in [2.05, 4.69) is 10.1 Å². The summed E-state index contributed by atoms with van der Waals surface area (Å²) < 4.78 is 39.3. The van der Waals surface area contributed by atoms with Crippen molar-refractivity contribution in [3.8, 4) is 11.4 Å². The largest absolute Gasteiger partial charge is 0.416 e. The van der Waals surface area contributed by atoms with Crippen LogP contribution in [-0.4, -0.2) is 14.8 Å². The quantitative estimate of drug-likeness (QED) is 0.875. The number of aromatic nitrogens is 3. The Labute approximate surface area is 113 Å². The third-order valence-corrected chi connectivity index (χ3v) is 3.39. The van der Waals surface area contributed by atoms with Gasteiger partial charge >= 0.3 is 6.18 Å². The van der Waals surface area contributed by atoms with Crippen molar-refractivity contribution in [3.05, 3.63) is 35.7 Å². The molecule has 1 aromatic heterocycles. The van der Waals surface area contributed by atoms with E-state index in [0.717, 1.165) is 31.5 Å². The van der Waals surface area contributed by atoms with Crippen LogP contribution in [-0.2, 0) is 12.7 Å². The fourth-order valence-electron chi connectivity index (χ4n) is 2.31. The van der Waals surface area contributed by atoms with Gasteiger partial charge < -0.3 is 5.73 Å². The first kappa shape index (κ1) is 13.1. The van der Waals surface area contributed by atoms with E-state index in [9.17, 15) is 13.2 Å². The molecule has 3 rings (SSSR count). The first-order valence-electron chi connectivity index (χ1n) is 6.33. The molecule has 2 aromatic rings. The van der Waals surface area contributed by atoms with Crippen molar-refractivity contribution >= 4 is 0 Å². The average Bonchev–Trinajstić information content (AvgIpc) is 2.83. The summed E-state index contributed by atoms with van der Waals surface area (Å²) in [6.45, 7) is 0.747. The van der Waals surface area contributed by atoms with Gasteiger partial charge in [-0.1, -0.05) is 12.1 Å². The van der Waals surface area contributed by atoms with Crippen LogP contribution in [0.4, 0.5) is 13.2 Å². The molecule has 0 bridgehead atoms. The van der Waals surface area contributed by atoms with Crippen molar-refractivity contribution < 1.29 is 13.2 Å². The zero-order valence-electron chi connectivity index (χ0n) is 10.6. The highest BCUT2D eigenvalue weighted by Crippen LogP contribution is 2.31. The molecular weight excluding hydrogens is 269 g/mol. The minimum absolute atomic E-state index is 0.153. The second-order valence-electron chi connectivity index (χ2n) is 4.84. The number of halogens is 3. The Morgan fingerprint density at radius 3 is 2.50 bits per heavy atom. The molecule has 2 heterocycles. The number of hydrogen-bond donors (Lipinski definition) is 1. The van der Waals surface area contributed by atoms with Gasteiger partial charge in [0.2, 0.25) is 0 Å². The molecule has 0 saturated carbocycles. The molecule has 4 nitrogen and oxygen atoms in total. The number of hydrogen-bond acceptors (Lipinski definition) is 3. The van der Waals surface area contributed by atoms with Crippen molar-refractivity contribution in [2.75, 3.05) is 0 Å². The molecule has 7 heteroatoms.